The van der Waals surface area contributed by atoms with E-state index < -0.39 is 12.1 Å². The normalized spacial score (nSPS) is 11.9. The van der Waals surface area contributed by atoms with Gasteiger partial charge in [0.2, 0.25) is 5.82 Å². The minimum Gasteiger partial charge on any atom is -0.329 e. The summed E-state index contributed by atoms with van der Waals surface area (Å²) in [6, 6.07) is 4.67. The molecule has 0 aliphatic heterocycles. The lowest BCUT2D eigenvalue weighted by Crippen LogP contribution is -2.04. The lowest BCUT2D eigenvalue weighted by atomic mass is 10.1. The van der Waals surface area contributed by atoms with Crippen molar-refractivity contribution in [3.8, 4) is 11.4 Å². The average Bonchev–Trinajstić information content (AvgIpc) is 3.10. The Labute approximate surface area is 137 Å². The van der Waals surface area contributed by atoms with E-state index >= 15 is 0 Å². The van der Waals surface area contributed by atoms with Crippen molar-refractivity contribution in [1.29, 1.82) is 0 Å². The molecule has 2 heterocycles. The topological polar surface area (TPSA) is 56.7 Å². The number of halogens is 5. The molecule has 0 amide bonds. The number of alkyl halides is 3. The number of aromatic nitrogens is 4. The Morgan fingerprint density at radius 3 is 2.57 bits per heavy atom. The number of benzene rings is 1. The van der Waals surface area contributed by atoms with Gasteiger partial charge in [0.05, 0.1) is 17.8 Å². The SMILES string of the molecule is FC(F)(F)c1nc(-c2ccc(Cn3cc(Cl)cn3)c(Cl)c2)no1. The molecular formula is C13H7Cl2F3N4O. The first kappa shape index (κ1) is 15.8. The van der Waals surface area contributed by atoms with Crippen LogP contribution >= 0.6 is 23.2 Å². The second-order valence-corrected chi connectivity index (χ2v) is 5.43. The van der Waals surface area contributed by atoms with E-state index in [1.54, 1.807) is 23.0 Å². The van der Waals surface area contributed by atoms with Gasteiger partial charge < -0.3 is 4.52 Å². The third-order valence-electron chi connectivity index (χ3n) is 2.91. The molecule has 1 aromatic carbocycles. The molecule has 3 aromatic rings. The lowest BCUT2D eigenvalue weighted by Gasteiger charge is -2.05. The number of nitrogens with zero attached hydrogens (tertiary/aromatic N) is 4. The molecule has 0 aliphatic rings. The van der Waals surface area contributed by atoms with E-state index in [9.17, 15) is 13.2 Å². The van der Waals surface area contributed by atoms with Crippen LogP contribution in [0.1, 0.15) is 11.5 Å². The predicted molar refractivity (Wildman–Crippen MR) is 76.1 cm³/mol. The molecule has 23 heavy (non-hydrogen) atoms. The molecule has 3 rings (SSSR count). The molecule has 0 atom stereocenters. The first-order valence-corrected chi connectivity index (χ1v) is 6.96. The molecular weight excluding hydrogens is 356 g/mol. The van der Waals surface area contributed by atoms with Gasteiger partial charge in [0.25, 0.3) is 0 Å². The summed E-state index contributed by atoms with van der Waals surface area (Å²) in [6.07, 6.45) is -1.57. The number of rotatable bonds is 3. The van der Waals surface area contributed by atoms with Gasteiger partial charge in [-0.15, -0.1) is 0 Å². The van der Waals surface area contributed by atoms with E-state index in [1.807, 2.05) is 0 Å². The van der Waals surface area contributed by atoms with Crippen LogP contribution in [0.2, 0.25) is 10.0 Å². The molecule has 0 radical (unpaired) electrons. The van der Waals surface area contributed by atoms with E-state index in [0.29, 0.717) is 22.2 Å². The molecule has 10 heteroatoms. The fourth-order valence-corrected chi connectivity index (χ4v) is 2.27. The summed E-state index contributed by atoms with van der Waals surface area (Å²) in [6.45, 7) is 0.367. The van der Waals surface area contributed by atoms with Gasteiger partial charge >= 0.3 is 12.1 Å². The summed E-state index contributed by atoms with van der Waals surface area (Å²) >= 11 is 11.9. The molecule has 120 valence electrons. The maximum Gasteiger partial charge on any atom is 0.471 e. The van der Waals surface area contributed by atoms with Crippen LogP contribution in [0.15, 0.2) is 35.1 Å². The average molecular weight is 363 g/mol. The fourth-order valence-electron chi connectivity index (χ4n) is 1.87. The van der Waals surface area contributed by atoms with Crippen molar-refractivity contribution in [3.05, 3.63) is 52.1 Å². The van der Waals surface area contributed by atoms with Crippen LogP contribution in [0.3, 0.4) is 0 Å². The zero-order valence-corrected chi connectivity index (χ0v) is 12.7. The summed E-state index contributed by atoms with van der Waals surface area (Å²) in [5.74, 6) is -1.59. The first-order valence-electron chi connectivity index (χ1n) is 6.20. The number of hydrogen-bond donors (Lipinski definition) is 0. The van der Waals surface area contributed by atoms with Gasteiger partial charge in [-0.05, 0) is 11.6 Å². The quantitative estimate of drug-likeness (QED) is 0.696. The van der Waals surface area contributed by atoms with Crippen LogP contribution in [0, 0.1) is 0 Å². The van der Waals surface area contributed by atoms with Crippen molar-refractivity contribution >= 4 is 23.2 Å². The Bertz CT molecular complexity index is 844. The van der Waals surface area contributed by atoms with Crippen LogP contribution in [-0.2, 0) is 12.7 Å². The van der Waals surface area contributed by atoms with Gasteiger partial charge in [0.15, 0.2) is 0 Å². The smallest absolute Gasteiger partial charge is 0.329 e. The van der Waals surface area contributed by atoms with Crippen molar-refractivity contribution in [2.24, 2.45) is 0 Å². The van der Waals surface area contributed by atoms with Crippen LogP contribution in [-0.4, -0.2) is 19.9 Å². The molecule has 0 saturated heterocycles. The van der Waals surface area contributed by atoms with Gasteiger partial charge in [-0.25, -0.2) is 0 Å². The van der Waals surface area contributed by atoms with Gasteiger partial charge in [-0.1, -0.05) is 40.5 Å². The highest BCUT2D eigenvalue weighted by atomic mass is 35.5. The Balaban J connectivity index is 1.85. The summed E-state index contributed by atoms with van der Waals surface area (Å²) in [5, 5.41) is 8.17. The highest BCUT2D eigenvalue weighted by Gasteiger charge is 2.38. The van der Waals surface area contributed by atoms with Crippen LogP contribution in [0.4, 0.5) is 13.2 Å². The van der Waals surface area contributed by atoms with Crippen molar-refractivity contribution in [3.63, 3.8) is 0 Å². The molecule has 0 N–H and O–H groups in total. The summed E-state index contributed by atoms with van der Waals surface area (Å²) < 4.78 is 43.2. The van der Waals surface area contributed by atoms with Gasteiger partial charge in [0.1, 0.15) is 0 Å². The van der Waals surface area contributed by atoms with E-state index in [-0.39, 0.29) is 5.82 Å². The second kappa shape index (κ2) is 5.86. The zero-order chi connectivity index (χ0) is 16.6. The van der Waals surface area contributed by atoms with Gasteiger partial charge in [0, 0.05) is 16.8 Å². The standard InChI is InChI=1S/C13H7Cl2F3N4O/c14-9-4-19-22(6-9)5-8-2-1-7(3-10(8)15)11-20-12(23-21-11)13(16,17)18/h1-4,6H,5H2. The Hall–Kier alpha value is -2.06. The summed E-state index contributed by atoms with van der Waals surface area (Å²) in [5.41, 5.74) is 1.03. The molecule has 0 fully saturated rings. The van der Waals surface area contributed by atoms with Crippen LogP contribution < -0.4 is 0 Å². The molecule has 0 saturated carbocycles. The summed E-state index contributed by atoms with van der Waals surface area (Å²) in [7, 11) is 0. The third-order valence-corrected chi connectivity index (χ3v) is 3.46. The zero-order valence-electron chi connectivity index (χ0n) is 11.2. The van der Waals surface area contributed by atoms with E-state index in [0.717, 1.165) is 5.56 Å². The molecule has 2 aromatic heterocycles. The first-order chi connectivity index (χ1) is 10.8. The van der Waals surface area contributed by atoms with Crippen LogP contribution in [0.25, 0.3) is 11.4 Å². The maximum absolute atomic E-state index is 12.5. The molecule has 5 nitrogen and oxygen atoms in total. The predicted octanol–water partition coefficient (Wildman–Crippen LogP) is 4.31. The van der Waals surface area contributed by atoms with E-state index in [4.69, 9.17) is 23.2 Å². The Kier molecular flexibility index (Phi) is 4.03. The third kappa shape index (κ3) is 3.48. The van der Waals surface area contributed by atoms with E-state index in [1.165, 1.54) is 12.3 Å². The fraction of sp³-hybridized carbons (Fsp3) is 0.154. The number of hydrogen-bond acceptors (Lipinski definition) is 4. The Morgan fingerprint density at radius 1 is 1.22 bits per heavy atom. The molecule has 0 spiro atoms. The highest BCUT2D eigenvalue weighted by Crippen LogP contribution is 2.30. The van der Waals surface area contributed by atoms with Crippen molar-refractivity contribution in [2.75, 3.05) is 0 Å². The second-order valence-electron chi connectivity index (χ2n) is 4.58. The molecule has 0 unspecified atom stereocenters. The minimum atomic E-state index is -4.69. The molecule has 0 aliphatic carbocycles. The van der Waals surface area contributed by atoms with Gasteiger partial charge in [-0.2, -0.15) is 23.3 Å². The van der Waals surface area contributed by atoms with Crippen molar-refractivity contribution in [2.45, 2.75) is 12.7 Å². The molecule has 0 bridgehead atoms. The van der Waals surface area contributed by atoms with E-state index in [2.05, 4.69) is 19.8 Å². The highest BCUT2D eigenvalue weighted by molar-refractivity contribution is 6.31. The Morgan fingerprint density at radius 2 is 2.00 bits per heavy atom. The van der Waals surface area contributed by atoms with Crippen molar-refractivity contribution < 1.29 is 17.7 Å². The largest absolute Gasteiger partial charge is 0.471 e. The maximum atomic E-state index is 12.5. The van der Waals surface area contributed by atoms with Crippen molar-refractivity contribution in [1.82, 2.24) is 19.9 Å². The summed E-state index contributed by atoms with van der Waals surface area (Å²) in [4.78, 5) is 3.31. The lowest BCUT2D eigenvalue weighted by molar-refractivity contribution is -0.159. The van der Waals surface area contributed by atoms with Gasteiger partial charge in [-0.3, -0.25) is 4.68 Å². The minimum absolute atomic E-state index is 0.187. The van der Waals surface area contributed by atoms with Crippen LogP contribution in [0.5, 0.6) is 0 Å². The monoisotopic (exact) mass is 362 g/mol.